The highest BCUT2D eigenvalue weighted by atomic mass is 16.5. The van der Waals surface area contributed by atoms with Gasteiger partial charge in [0.2, 0.25) is 0 Å². The van der Waals surface area contributed by atoms with Crippen molar-refractivity contribution < 1.29 is 19.1 Å². The number of rotatable bonds is 15. The summed E-state index contributed by atoms with van der Waals surface area (Å²) in [5.74, 6) is -0.553. The molecular weight excluding hydrogens is 340 g/mol. The highest BCUT2D eigenvalue weighted by molar-refractivity contribution is 5.87. The van der Waals surface area contributed by atoms with Gasteiger partial charge >= 0.3 is 11.9 Å². The van der Waals surface area contributed by atoms with Gasteiger partial charge in [-0.2, -0.15) is 0 Å². The third-order valence-corrected chi connectivity index (χ3v) is 3.87. The van der Waals surface area contributed by atoms with Crippen LogP contribution in [0.1, 0.15) is 98.3 Å². The molecule has 0 bridgehead atoms. The van der Waals surface area contributed by atoms with Crippen LogP contribution in [0.3, 0.4) is 0 Å². The van der Waals surface area contributed by atoms with Crippen LogP contribution < -0.4 is 0 Å². The number of hydrogen-bond donors (Lipinski definition) is 0. The molecule has 0 radical (unpaired) electrons. The van der Waals surface area contributed by atoms with E-state index < -0.39 is 0 Å². The van der Waals surface area contributed by atoms with Crippen LogP contribution in [0, 0.1) is 0 Å². The zero-order chi connectivity index (χ0) is 20.9. The molecule has 0 saturated heterocycles. The normalized spacial score (nSPS) is 9.78. The Hall–Kier alpha value is -1.58. The van der Waals surface area contributed by atoms with Crippen LogP contribution in [0.15, 0.2) is 24.3 Å². The summed E-state index contributed by atoms with van der Waals surface area (Å²) in [5.41, 5.74) is 0.950. The van der Waals surface area contributed by atoms with Gasteiger partial charge in [-0.3, -0.25) is 0 Å². The maximum atomic E-state index is 11.1. The standard InChI is InChI=1S/C16H30O2.C7H12O2/c1-4-5-6-7-8-9-10-11-12-13-14-18-16(17)15(2)3;1-4-5-9-7(8)6(2)3/h2,4-14H2,1,3H3;2,4-5H2,1,3H3. The fourth-order valence-electron chi connectivity index (χ4n) is 2.20. The smallest absolute Gasteiger partial charge is 0.333 e. The van der Waals surface area contributed by atoms with E-state index in [0.717, 1.165) is 12.8 Å². The number of carbonyl (C=O) groups excluding carboxylic acids is 2. The van der Waals surface area contributed by atoms with Crippen molar-refractivity contribution >= 4 is 11.9 Å². The van der Waals surface area contributed by atoms with Gasteiger partial charge < -0.3 is 9.47 Å². The molecule has 0 spiro atoms. The van der Waals surface area contributed by atoms with Gasteiger partial charge in [-0.1, -0.05) is 84.8 Å². The van der Waals surface area contributed by atoms with Gasteiger partial charge in [0.15, 0.2) is 0 Å². The molecule has 0 rings (SSSR count). The first-order chi connectivity index (χ1) is 12.9. The maximum Gasteiger partial charge on any atom is 0.333 e. The minimum absolute atomic E-state index is 0.258. The molecule has 0 amide bonds. The molecule has 0 aromatic heterocycles. The van der Waals surface area contributed by atoms with Gasteiger partial charge in [0, 0.05) is 11.1 Å². The first-order valence-corrected chi connectivity index (χ1v) is 10.5. The zero-order valence-electron chi connectivity index (χ0n) is 18.2. The molecule has 0 aliphatic rings. The molecule has 0 aromatic rings. The minimum Gasteiger partial charge on any atom is -0.462 e. The molecule has 0 fully saturated rings. The van der Waals surface area contributed by atoms with E-state index in [9.17, 15) is 9.59 Å². The summed E-state index contributed by atoms with van der Waals surface area (Å²) >= 11 is 0. The second kappa shape index (κ2) is 20.7. The van der Waals surface area contributed by atoms with Crippen molar-refractivity contribution in [2.45, 2.75) is 98.3 Å². The molecule has 4 heteroatoms. The second-order valence-electron chi connectivity index (χ2n) is 7.01. The van der Waals surface area contributed by atoms with Gasteiger partial charge in [0.1, 0.15) is 0 Å². The topological polar surface area (TPSA) is 52.6 Å². The number of esters is 2. The van der Waals surface area contributed by atoms with E-state index >= 15 is 0 Å². The molecular formula is C23H42O4. The van der Waals surface area contributed by atoms with Crippen LogP contribution >= 0.6 is 0 Å². The Bertz CT molecular complexity index is 413. The van der Waals surface area contributed by atoms with E-state index in [1.165, 1.54) is 57.8 Å². The summed E-state index contributed by atoms with van der Waals surface area (Å²) in [6.45, 7) is 15.5. The van der Waals surface area contributed by atoms with E-state index in [1.807, 2.05) is 6.92 Å². The van der Waals surface area contributed by atoms with Crippen LogP contribution in [-0.4, -0.2) is 25.2 Å². The molecule has 0 aliphatic heterocycles. The quantitative estimate of drug-likeness (QED) is 0.183. The Balaban J connectivity index is 0. The van der Waals surface area contributed by atoms with E-state index in [1.54, 1.807) is 13.8 Å². The number of carbonyl (C=O) groups is 2. The lowest BCUT2D eigenvalue weighted by Crippen LogP contribution is -2.05. The van der Waals surface area contributed by atoms with Crippen LogP contribution in [-0.2, 0) is 19.1 Å². The van der Waals surface area contributed by atoms with E-state index in [0.29, 0.717) is 24.4 Å². The van der Waals surface area contributed by atoms with E-state index in [-0.39, 0.29) is 11.9 Å². The summed E-state index contributed by atoms with van der Waals surface area (Å²) in [6.07, 6.45) is 13.8. The molecule has 0 unspecified atom stereocenters. The summed E-state index contributed by atoms with van der Waals surface area (Å²) in [4.78, 5) is 21.7. The van der Waals surface area contributed by atoms with Crippen LogP contribution in [0.4, 0.5) is 0 Å². The average molecular weight is 383 g/mol. The zero-order valence-corrected chi connectivity index (χ0v) is 18.2. The van der Waals surface area contributed by atoms with Crippen molar-refractivity contribution in [3.8, 4) is 0 Å². The van der Waals surface area contributed by atoms with E-state index in [4.69, 9.17) is 9.47 Å². The van der Waals surface area contributed by atoms with Crippen molar-refractivity contribution in [3.63, 3.8) is 0 Å². The number of hydrogen-bond acceptors (Lipinski definition) is 4. The Morgan fingerprint density at radius 1 is 0.593 bits per heavy atom. The lowest BCUT2D eigenvalue weighted by Gasteiger charge is -2.04. The first-order valence-electron chi connectivity index (χ1n) is 10.5. The van der Waals surface area contributed by atoms with Gasteiger partial charge in [-0.15, -0.1) is 0 Å². The lowest BCUT2D eigenvalue weighted by atomic mass is 10.1. The number of unbranched alkanes of at least 4 members (excludes halogenated alkanes) is 9. The van der Waals surface area contributed by atoms with Gasteiger partial charge in [-0.25, -0.2) is 9.59 Å². The summed E-state index contributed by atoms with van der Waals surface area (Å²) < 4.78 is 9.75. The third-order valence-electron chi connectivity index (χ3n) is 3.87. The van der Waals surface area contributed by atoms with Crippen molar-refractivity contribution in [2.75, 3.05) is 13.2 Å². The summed E-state index contributed by atoms with van der Waals surface area (Å²) in [6, 6.07) is 0. The second-order valence-corrected chi connectivity index (χ2v) is 7.01. The monoisotopic (exact) mass is 382 g/mol. The average Bonchev–Trinajstić information content (AvgIpc) is 2.64. The Labute approximate surface area is 167 Å². The molecule has 4 nitrogen and oxygen atoms in total. The molecule has 27 heavy (non-hydrogen) atoms. The molecule has 0 saturated carbocycles. The van der Waals surface area contributed by atoms with Crippen LogP contribution in [0.25, 0.3) is 0 Å². The van der Waals surface area contributed by atoms with Crippen molar-refractivity contribution in [2.24, 2.45) is 0 Å². The summed E-state index contributed by atoms with van der Waals surface area (Å²) in [7, 11) is 0. The fourth-order valence-corrected chi connectivity index (χ4v) is 2.20. The van der Waals surface area contributed by atoms with Crippen LogP contribution in [0.2, 0.25) is 0 Å². The minimum atomic E-state index is -0.295. The Morgan fingerprint density at radius 2 is 0.963 bits per heavy atom. The maximum absolute atomic E-state index is 11.1. The third kappa shape index (κ3) is 22.4. The predicted molar refractivity (Wildman–Crippen MR) is 114 cm³/mol. The predicted octanol–water partition coefficient (Wildman–Crippen LogP) is 6.54. The highest BCUT2D eigenvalue weighted by Gasteiger charge is 2.01. The SMILES string of the molecule is C=C(C)C(=O)OCCC.C=C(C)C(=O)OCCCCCCCCCCCC. The Morgan fingerprint density at radius 3 is 1.33 bits per heavy atom. The molecule has 158 valence electrons. The van der Waals surface area contributed by atoms with Gasteiger partial charge in [0.05, 0.1) is 13.2 Å². The molecule has 0 atom stereocenters. The summed E-state index contributed by atoms with van der Waals surface area (Å²) in [5, 5.41) is 0. The lowest BCUT2D eigenvalue weighted by molar-refractivity contribution is -0.139. The Kier molecular flexibility index (Phi) is 21.2. The fraction of sp³-hybridized carbons (Fsp3) is 0.739. The van der Waals surface area contributed by atoms with Crippen molar-refractivity contribution in [1.82, 2.24) is 0 Å². The molecule has 0 aromatic carbocycles. The molecule has 0 heterocycles. The highest BCUT2D eigenvalue weighted by Crippen LogP contribution is 2.10. The first kappa shape index (κ1) is 27.6. The number of ether oxygens (including phenoxy) is 2. The van der Waals surface area contributed by atoms with Crippen LogP contribution in [0.5, 0.6) is 0 Å². The largest absolute Gasteiger partial charge is 0.462 e. The molecule has 0 aliphatic carbocycles. The van der Waals surface area contributed by atoms with Gasteiger partial charge in [-0.05, 0) is 26.7 Å². The van der Waals surface area contributed by atoms with Crippen molar-refractivity contribution in [1.29, 1.82) is 0 Å². The van der Waals surface area contributed by atoms with Gasteiger partial charge in [0.25, 0.3) is 0 Å². The van der Waals surface area contributed by atoms with Crippen molar-refractivity contribution in [3.05, 3.63) is 24.3 Å². The van der Waals surface area contributed by atoms with E-state index in [2.05, 4.69) is 20.1 Å². The molecule has 0 N–H and O–H groups in total.